The summed E-state index contributed by atoms with van der Waals surface area (Å²) in [4.78, 5) is 35.4. The van der Waals surface area contributed by atoms with Gasteiger partial charge in [0, 0.05) is 17.7 Å². The number of hydrogen-bond donors (Lipinski definition) is 0. The predicted molar refractivity (Wildman–Crippen MR) is 98.3 cm³/mol. The van der Waals surface area contributed by atoms with Gasteiger partial charge in [0.15, 0.2) is 5.78 Å². The third kappa shape index (κ3) is 6.00. The zero-order valence-electron chi connectivity index (χ0n) is 15.3. The van der Waals surface area contributed by atoms with E-state index >= 15 is 0 Å². The van der Waals surface area contributed by atoms with Crippen LogP contribution in [0.3, 0.4) is 0 Å². The molecule has 0 saturated carbocycles. The number of ketones is 1. The van der Waals surface area contributed by atoms with Crippen molar-refractivity contribution in [3.8, 4) is 11.5 Å². The molecule has 0 fully saturated rings. The fourth-order valence-corrected chi connectivity index (χ4v) is 3.20. The number of nitrogens with zero attached hydrogens (tertiary/aromatic N) is 1. The third-order valence-electron chi connectivity index (χ3n) is 3.63. The molecule has 0 N–H and O–H groups in total. The molecular weight excluding hydrogens is 408 g/mol. The van der Waals surface area contributed by atoms with Crippen LogP contribution in [-0.2, 0) is 4.57 Å². The van der Waals surface area contributed by atoms with E-state index in [1.54, 1.807) is 36.4 Å². The van der Waals surface area contributed by atoms with Gasteiger partial charge in [0.25, 0.3) is 5.69 Å². The molecule has 0 aromatic heterocycles. The summed E-state index contributed by atoms with van der Waals surface area (Å²) in [7, 11) is -4.91. The van der Waals surface area contributed by atoms with Gasteiger partial charge < -0.3 is 13.9 Å². The second-order valence-electron chi connectivity index (χ2n) is 5.58. The Balaban J connectivity index is 0.00000300. The van der Waals surface area contributed by atoms with E-state index in [1.165, 1.54) is 24.3 Å². The van der Waals surface area contributed by atoms with Crippen molar-refractivity contribution in [2.24, 2.45) is 0 Å². The number of nitro groups is 1. The van der Waals surface area contributed by atoms with E-state index in [4.69, 9.17) is 9.05 Å². The Kier molecular flexibility index (Phi) is 7.73. The fraction of sp³-hybridized carbons (Fsp3) is 0. The van der Waals surface area contributed by atoms with Crippen molar-refractivity contribution >= 4 is 19.3 Å². The summed E-state index contributed by atoms with van der Waals surface area (Å²) < 4.78 is 22.0. The minimum Gasteiger partial charge on any atom is -0.736 e. The topological polar surface area (TPSA) is 119 Å². The first-order valence-corrected chi connectivity index (χ1v) is 9.45. The zero-order valence-corrected chi connectivity index (χ0v) is 18.2. The summed E-state index contributed by atoms with van der Waals surface area (Å²) in [5.41, 5.74) is -0.429. The van der Waals surface area contributed by atoms with Gasteiger partial charge in [0.1, 0.15) is 11.5 Å². The normalized spacial score (nSPS) is 12.2. The molecule has 0 aliphatic carbocycles. The molecule has 8 nitrogen and oxygen atoms in total. The molecule has 1 unspecified atom stereocenters. The van der Waals surface area contributed by atoms with Crippen LogP contribution in [0.25, 0.3) is 0 Å². The summed E-state index contributed by atoms with van der Waals surface area (Å²) in [6.45, 7) is 0. The first kappa shape index (κ1) is 22.8. The van der Waals surface area contributed by atoms with Gasteiger partial charge in [0.2, 0.25) is 0 Å². The summed E-state index contributed by atoms with van der Waals surface area (Å²) in [6.07, 6.45) is 0. The van der Waals surface area contributed by atoms with E-state index in [0.717, 1.165) is 18.2 Å². The zero-order chi connectivity index (χ0) is 20.1. The van der Waals surface area contributed by atoms with Gasteiger partial charge >= 0.3 is 37.4 Å². The average molecular weight is 421 g/mol. The number of benzene rings is 3. The molecule has 0 bridgehead atoms. The van der Waals surface area contributed by atoms with E-state index in [2.05, 4.69) is 0 Å². The number of rotatable bonds is 7. The van der Waals surface area contributed by atoms with Gasteiger partial charge in [-0.3, -0.25) is 14.9 Å². The third-order valence-corrected chi connectivity index (χ3v) is 4.48. The maximum atomic E-state index is 12.8. The molecule has 142 valence electrons. The van der Waals surface area contributed by atoms with Crippen LogP contribution in [0.1, 0.15) is 15.9 Å². The first-order valence-electron chi connectivity index (χ1n) is 7.99. The number of non-ortho nitro benzene ring substituents is 1. The molecule has 0 aliphatic rings. The molecule has 0 radical (unpaired) electrons. The number of para-hydroxylation sites is 1. The van der Waals surface area contributed by atoms with Crippen LogP contribution >= 0.6 is 7.82 Å². The number of phosphoric ester groups is 1. The second-order valence-corrected chi connectivity index (χ2v) is 6.84. The fourth-order valence-electron chi connectivity index (χ4n) is 2.38. The van der Waals surface area contributed by atoms with Crippen molar-refractivity contribution < 1.29 is 57.8 Å². The Labute approximate surface area is 188 Å². The largest absolute Gasteiger partial charge is 1.00 e. The summed E-state index contributed by atoms with van der Waals surface area (Å²) in [5, 5.41) is 11.1. The Morgan fingerprint density at radius 3 is 2.07 bits per heavy atom. The predicted octanol–water partition coefficient (Wildman–Crippen LogP) is 0.756. The number of hydrogen-bond acceptors (Lipinski definition) is 7. The maximum absolute atomic E-state index is 12.8. The van der Waals surface area contributed by atoms with Crippen LogP contribution < -0.4 is 43.5 Å². The van der Waals surface area contributed by atoms with E-state index in [0.29, 0.717) is 0 Å². The monoisotopic (exact) mass is 421 g/mol. The Hall–Kier alpha value is -2.48. The molecular formula is C19H13NNaO7P. The van der Waals surface area contributed by atoms with Crippen molar-refractivity contribution in [1.29, 1.82) is 0 Å². The standard InChI is InChI=1S/C19H14NO7P.Na/c21-19(14-7-3-1-4-8-14)17-13-15(20(22)23)11-12-18(17)27-28(24,25)26-16-9-5-2-6-10-16;/h1-13H,(H,24,25);/q;+1/p-1. The van der Waals surface area contributed by atoms with Gasteiger partial charge in [0.05, 0.1) is 10.5 Å². The minimum atomic E-state index is -4.91. The summed E-state index contributed by atoms with van der Waals surface area (Å²) in [6, 6.07) is 18.6. The molecule has 0 spiro atoms. The van der Waals surface area contributed by atoms with Gasteiger partial charge in [-0.25, -0.2) is 4.57 Å². The summed E-state index contributed by atoms with van der Waals surface area (Å²) in [5.74, 6) is -0.966. The molecule has 3 rings (SSSR count). The van der Waals surface area contributed by atoms with Crippen molar-refractivity contribution in [3.05, 3.63) is 100 Å². The Morgan fingerprint density at radius 1 is 0.897 bits per heavy atom. The van der Waals surface area contributed by atoms with Crippen LogP contribution in [0.15, 0.2) is 78.9 Å². The molecule has 0 heterocycles. The van der Waals surface area contributed by atoms with Crippen LogP contribution in [-0.4, -0.2) is 10.7 Å². The SMILES string of the molecule is O=C(c1ccccc1)c1cc([N+](=O)[O-])ccc1OP(=O)([O-])Oc1ccccc1.[Na+]. The number of carbonyl (C=O) groups is 1. The van der Waals surface area contributed by atoms with Gasteiger partial charge in [-0.05, 0) is 18.2 Å². The molecule has 3 aromatic carbocycles. The molecule has 29 heavy (non-hydrogen) atoms. The van der Waals surface area contributed by atoms with E-state index in [9.17, 15) is 24.4 Å². The first-order chi connectivity index (χ1) is 13.4. The number of carbonyl (C=O) groups excluding carboxylic acids is 1. The smallest absolute Gasteiger partial charge is 0.736 e. The number of phosphoric acid groups is 1. The second kappa shape index (κ2) is 9.82. The number of nitro benzene ring substituents is 1. The van der Waals surface area contributed by atoms with Crippen LogP contribution in [0, 0.1) is 10.1 Å². The molecule has 10 heteroatoms. The van der Waals surface area contributed by atoms with Gasteiger partial charge in [-0.2, -0.15) is 0 Å². The van der Waals surface area contributed by atoms with E-state index in [-0.39, 0.29) is 57.9 Å². The maximum Gasteiger partial charge on any atom is 1.00 e. The molecule has 0 saturated heterocycles. The van der Waals surface area contributed by atoms with Crippen molar-refractivity contribution in [1.82, 2.24) is 0 Å². The average Bonchev–Trinajstić information content (AvgIpc) is 2.68. The van der Waals surface area contributed by atoms with Crippen molar-refractivity contribution in [3.63, 3.8) is 0 Å². The van der Waals surface area contributed by atoms with Crippen LogP contribution in [0.2, 0.25) is 0 Å². The van der Waals surface area contributed by atoms with Crippen LogP contribution in [0.4, 0.5) is 5.69 Å². The van der Waals surface area contributed by atoms with E-state index < -0.39 is 18.5 Å². The summed E-state index contributed by atoms with van der Waals surface area (Å²) >= 11 is 0. The molecule has 0 aliphatic heterocycles. The molecule has 3 aromatic rings. The van der Waals surface area contributed by atoms with Gasteiger partial charge in [-0.1, -0.05) is 48.5 Å². The Bertz CT molecular complexity index is 1060. The van der Waals surface area contributed by atoms with Crippen LogP contribution in [0.5, 0.6) is 11.5 Å². The quantitative estimate of drug-likeness (QED) is 0.182. The van der Waals surface area contributed by atoms with Crippen molar-refractivity contribution in [2.75, 3.05) is 0 Å². The Morgan fingerprint density at radius 2 is 1.48 bits per heavy atom. The molecule has 1 atom stereocenters. The minimum absolute atomic E-state index is 0. The van der Waals surface area contributed by atoms with E-state index in [1.807, 2.05) is 0 Å². The van der Waals surface area contributed by atoms with Gasteiger partial charge in [-0.15, -0.1) is 0 Å². The van der Waals surface area contributed by atoms with Crippen molar-refractivity contribution in [2.45, 2.75) is 0 Å². The molecule has 0 amide bonds.